The molecule has 1 aromatic heterocycles. The van der Waals surface area contributed by atoms with Crippen LogP contribution in [0.25, 0.3) is 5.69 Å². The van der Waals surface area contributed by atoms with E-state index in [9.17, 15) is 4.79 Å². The van der Waals surface area contributed by atoms with Crippen LogP contribution in [0.15, 0.2) is 35.3 Å². The van der Waals surface area contributed by atoms with Gasteiger partial charge in [-0.1, -0.05) is 35.3 Å². The van der Waals surface area contributed by atoms with Crippen molar-refractivity contribution < 1.29 is 0 Å². The molecule has 0 fully saturated rings. The molecule has 18 heavy (non-hydrogen) atoms. The van der Waals surface area contributed by atoms with E-state index in [1.165, 1.54) is 11.2 Å². The maximum Gasteiger partial charge on any atom is 0.292 e. The van der Waals surface area contributed by atoms with Gasteiger partial charge in [0.1, 0.15) is 5.02 Å². The maximum atomic E-state index is 12.1. The number of nitrogens with two attached hydrogens (primary N) is 1. The van der Waals surface area contributed by atoms with Crippen molar-refractivity contribution >= 4 is 28.9 Å². The Morgan fingerprint density at radius 3 is 2.61 bits per heavy atom. The number of hydrogen-bond donors (Lipinski definition) is 1. The summed E-state index contributed by atoms with van der Waals surface area (Å²) in [6.45, 7) is 0. The van der Waals surface area contributed by atoms with Crippen molar-refractivity contribution in [3.63, 3.8) is 0 Å². The first-order valence-electron chi connectivity index (χ1n) is 5.03. The lowest BCUT2D eigenvalue weighted by Gasteiger charge is -2.14. The van der Waals surface area contributed by atoms with E-state index >= 15 is 0 Å². The Balaban J connectivity index is 2.66. The van der Waals surface area contributed by atoms with E-state index in [2.05, 4.69) is 5.10 Å². The molecule has 0 amide bonds. The molecule has 0 aliphatic heterocycles. The summed E-state index contributed by atoms with van der Waals surface area (Å²) in [5.74, 6) is 5.54. The highest BCUT2D eigenvalue weighted by Crippen LogP contribution is 2.21. The van der Waals surface area contributed by atoms with E-state index in [1.807, 2.05) is 0 Å². The number of nitrogens with zero attached hydrogens (tertiary/aromatic N) is 3. The molecule has 0 atom stereocenters. The number of hydrazine groups is 1. The Morgan fingerprint density at radius 1 is 1.33 bits per heavy atom. The molecular formula is C11H10Cl2N4O. The van der Waals surface area contributed by atoms with Gasteiger partial charge in [-0.15, -0.1) is 0 Å². The van der Waals surface area contributed by atoms with Gasteiger partial charge in [-0.2, -0.15) is 9.78 Å². The molecule has 1 heterocycles. The monoisotopic (exact) mass is 284 g/mol. The minimum atomic E-state index is -0.473. The molecule has 94 valence electrons. The highest BCUT2D eigenvalue weighted by atomic mass is 35.5. The predicted octanol–water partition coefficient (Wildman–Crippen LogP) is 1.85. The Bertz CT molecular complexity index is 639. The molecule has 0 saturated carbocycles. The van der Waals surface area contributed by atoms with Crippen LogP contribution in [0.5, 0.6) is 0 Å². The zero-order valence-electron chi connectivity index (χ0n) is 9.47. The van der Waals surface area contributed by atoms with Crippen LogP contribution in [0.2, 0.25) is 10.0 Å². The summed E-state index contributed by atoms with van der Waals surface area (Å²) < 4.78 is 1.14. The van der Waals surface area contributed by atoms with Gasteiger partial charge in [0, 0.05) is 7.05 Å². The molecule has 0 radical (unpaired) electrons. The second-order valence-corrected chi connectivity index (χ2v) is 4.41. The van der Waals surface area contributed by atoms with Crippen molar-refractivity contribution in [2.45, 2.75) is 0 Å². The maximum absolute atomic E-state index is 12.1. The number of halogens is 2. The lowest BCUT2D eigenvalue weighted by atomic mass is 10.3. The van der Waals surface area contributed by atoms with Crippen molar-refractivity contribution in [3.8, 4) is 5.69 Å². The molecular weight excluding hydrogens is 275 g/mol. The third kappa shape index (κ3) is 2.20. The number of benzene rings is 1. The largest absolute Gasteiger partial charge is 0.311 e. The average molecular weight is 285 g/mol. The van der Waals surface area contributed by atoms with E-state index in [4.69, 9.17) is 29.0 Å². The van der Waals surface area contributed by atoms with Crippen LogP contribution in [0.4, 0.5) is 5.69 Å². The molecule has 7 heteroatoms. The smallest absolute Gasteiger partial charge is 0.292 e. The van der Waals surface area contributed by atoms with Gasteiger partial charge in [-0.25, -0.2) is 5.84 Å². The quantitative estimate of drug-likeness (QED) is 0.675. The Hall–Kier alpha value is -1.56. The standard InChI is InChI=1S/C11H10Cl2N4O/c1-16(14)9-6-15-17(11(18)10(9)13)8-5-3-2-4-7(8)12/h2-6H,14H2,1H3. The first-order valence-corrected chi connectivity index (χ1v) is 5.79. The lowest BCUT2D eigenvalue weighted by Crippen LogP contribution is -2.30. The third-order valence-corrected chi connectivity index (χ3v) is 3.04. The van der Waals surface area contributed by atoms with Crippen LogP contribution in [0.1, 0.15) is 0 Å². The van der Waals surface area contributed by atoms with Gasteiger partial charge in [0.25, 0.3) is 5.56 Å². The van der Waals surface area contributed by atoms with Gasteiger partial charge in [0.2, 0.25) is 0 Å². The fourth-order valence-electron chi connectivity index (χ4n) is 1.47. The Labute approximate surface area is 113 Å². The van der Waals surface area contributed by atoms with Gasteiger partial charge in [0.15, 0.2) is 0 Å². The normalized spacial score (nSPS) is 10.4. The van der Waals surface area contributed by atoms with Crippen LogP contribution >= 0.6 is 23.2 Å². The molecule has 5 nitrogen and oxygen atoms in total. The summed E-state index contributed by atoms with van der Waals surface area (Å²) >= 11 is 12.0. The first kappa shape index (κ1) is 12.9. The van der Waals surface area contributed by atoms with E-state index in [1.54, 1.807) is 31.3 Å². The highest BCUT2D eigenvalue weighted by Gasteiger charge is 2.13. The molecule has 0 unspecified atom stereocenters. The predicted molar refractivity (Wildman–Crippen MR) is 72.4 cm³/mol. The topological polar surface area (TPSA) is 64.2 Å². The van der Waals surface area contributed by atoms with Gasteiger partial charge < -0.3 is 5.01 Å². The van der Waals surface area contributed by atoms with Crippen LogP contribution in [0, 0.1) is 0 Å². The van der Waals surface area contributed by atoms with Crippen LogP contribution in [-0.4, -0.2) is 16.8 Å². The van der Waals surface area contributed by atoms with Crippen molar-refractivity contribution in [3.05, 3.63) is 50.9 Å². The third-order valence-electron chi connectivity index (χ3n) is 2.36. The molecule has 0 bridgehead atoms. The van der Waals surface area contributed by atoms with Crippen LogP contribution in [-0.2, 0) is 0 Å². The summed E-state index contributed by atoms with van der Waals surface area (Å²) in [7, 11) is 1.57. The van der Waals surface area contributed by atoms with Gasteiger partial charge in [-0.05, 0) is 12.1 Å². The van der Waals surface area contributed by atoms with Gasteiger partial charge in [0.05, 0.1) is 22.6 Å². The highest BCUT2D eigenvalue weighted by molar-refractivity contribution is 6.33. The van der Waals surface area contributed by atoms with Crippen molar-refractivity contribution in [1.82, 2.24) is 9.78 Å². The molecule has 2 rings (SSSR count). The van der Waals surface area contributed by atoms with E-state index in [-0.39, 0.29) is 5.02 Å². The minimum Gasteiger partial charge on any atom is -0.311 e. The fourth-order valence-corrected chi connectivity index (χ4v) is 1.94. The van der Waals surface area contributed by atoms with Crippen LogP contribution in [0.3, 0.4) is 0 Å². The summed E-state index contributed by atoms with van der Waals surface area (Å²) in [5, 5.41) is 5.64. The summed E-state index contributed by atoms with van der Waals surface area (Å²) in [6.07, 6.45) is 1.41. The number of anilines is 1. The molecule has 1 aromatic carbocycles. The molecule has 0 saturated heterocycles. The molecule has 0 aliphatic carbocycles. The van der Waals surface area contributed by atoms with E-state index in [0.29, 0.717) is 16.4 Å². The number of hydrogen-bond acceptors (Lipinski definition) is 4. The zero-order valence-corrected chi connectivity index (χ0v) is 11.0. The second-order valence-electron chi connectivity index (χ2n) is 3.62. The summed E-state index contributed by atoms with van der Waals surface area (Å²) in [6, 6.07) is 6.87. The number of aromatic nitrogens is 2. The molecule has 0 aliphatic rings. The number of rotatable bonds is 2. The summed E-state index contributed by atoms with van der Waals surface area (Å²) in [5.41, 5.74) is 0.349. The van der Waals surface area contributed by atoms with Crippen molar-refractivity contribution in [1.29, 1.82) is 0 Å². The number of para-hydroxylation sites is 1. The van der Waals surface area contributed by atoms with E-state index in [0.717, 1.165) is 4.68 Å². The molecule has 0 spiro atoms. The molecule has 2 N–H and O–H groups in total. The van der Waals surface area contributed by atoms with Crippen LogP contribution < -0.4 is 16.4 Å². The second kappa shape index (κ2) is 4.97. The molecule has 2 aromatic rings. The van der Waals surface area contributed by atoms with Crippen molar-refractivity contribution in [2.24, 2.45) is 5.84 Å². The minimum absolute atomic E-state index is 0.00470. The van der Waals surface area contributed by atoms with E-state index < -0.39 is 5.56 Å². The van der Waals surface area contributed by atoms with Gasteiger partial charge >= 0.3 is 0 Å². The Kier molecular flexibility index (Phi) is 3.56. The average Bonchev–Trinajstić information content (AvgIpc) is 2.33. The lowest BCUT2D eigenvalue weighted by molar-refractivity contribution is 0.800. The summed E-state index contributed by atoms with van der Waals surface area (Å²) in [4.78, 5) is 12.1. The van der Waals surface area contributed by atoms with Gasteiger partial charge in [-0.3, -0.25) is 4.79 Å². The SMILES string of the molecule is CN(N)c1cnn(-c2ccccc2Cl)c(=O)c1Cl. The zero-order chi connectivity index (χ0) is 13.3. The fraction of sp³-hybridized carbons (Fsp3) is 0.0909. The Morgan fingerprint density at radius 2 is 2.00 bits per heavy atom. The first-order chi connectivity index (χ1) is 8.52. The van der Waals surface area contributed by atoms with Crippen molar-refractivity contribution in [2.75, 3.05) is 12.1 Å².